The molecule has 1 fully saturated rings. The van der Waals surface area contributed by atoms with Gasteiger partial charge in [0.1, 0.15) is 6.10 Å². The highest BCUT2D eigenvalue weighted by molar-refractivity contribution is 5.11. The number of aromatic nitrogens is 4. The molecule has 1 atom stereocenters. The maximum atomic E-state index is 10.2. The molecule has 2 heterocycles. The maximum absolute atomic E-state index is 10.2. The van der Waals surface area contributed by atoms with Crippen molar-refractivity contribution in [2.45, 2.75) is 31.4 Å². The average molecular weight is 232 g/mol. The lowest BCUT2D eigenvalue weighted by molar-refractivity contribution is 0.167. The summed E-state index contributed by atoms with van der Waals surface area (Å²) in [5.74, 6) is 0. The van der Waals surface area contributed by atoms with E-state index < -0.39 is 6.10 Å². The molecule has 2 aromatic heterocycles. The Balaban J connectivity index is 1.76. The summed E-state index contributed by atoms with van der Waals surface area (Å²) in [7, 11) is 1.88. The van der Waals surface area contributed by atoms with Crippen molar-refractivity contribution in [3.8, 4) is 0 Å². The van der Waals surface area contributed by atoms with Crippen LogP contribution in [-0.4, -0.2) is 24.4 Å². The molecule has 0 saturated heterocycles. The zero-order valence-electron chi connectivity index (χ0n) is 9.82. The summed E-state index contributed by atoms with van der Waals surface area (Å²) < 4.78 is 3.84. The lowest BCUT2D eigenvalue weighted by atomic mass is 10.1. The third kappa shape index (κ3) is 2.10. The molecule has 0 radical (unpaired) electrons. The van der Waals surface area contributed by atoms with E-state index in [4.69, 9.17) is 0 Å². The number of hydrogen-bond donors (Lipinski definition) is 1. The molecule has 1 saturated carbocycles. The molecule has 3 rings (SSSR count). The van der Waals surface area contributed by atoms with Crippen LogP contribution in [0.4, 0.5) is 0 Å². The van der Waals surface area contributed by atoms with Crippen LogP contribution < -0.4 is 0 Å². The van der Waals surface area contributed by atoms with Crippen LogP contribution in [0.15, 0.2) is 24.8 Å². The van der Waals surface area contributed by atoms with Gasteiger partial charge in [0.25, 0.3) is 0 Å². The van der Waals surface area contributed by atoms with Crippen molar-refractivity contribution in [2.24, 2.45) is 7.05 Å². The summed E-state index contributed by atoms with van der Waals surface area (Å²) in [5, 5.41) is 14.5. The lowest BCUT2D eigenvalue weighted by Crippen LogP contribution is -2.09. The van der Waals surface area contributed by atoms with Crippen LogP contribution in [-0.2, 0) is 13.5 Å². The number of aryl methyl sites for hydroxylation is 1. The van der Waals surface area contributed by atoms with Gasteiger partial charge in [-0.1, -0.05) is 0 Å². The molecule has 5 heteroatoms. The second-order valence-electron chi connectivity index (χ2n) is 4.66. The fraction of sp³-hybridized carbons (Fsp3) is 0.500. The Hall–Kier alpha value is -1.62. The largest absolute Gasteiger partial charge is 0.386 e. The SMILES string of the molecule is Cn1ccc(CC(O)c2cncn2C2CC2)n1. The van der Waals surface area contributed by atoms with Crippen LogP contribution in [0.25, 0.3) is 0 Å². The third-order valence-electron chi connectivity index (χ3n) is 3.15. The third-order valence-corrected chi connectivity index (χ3v) is 3.15. The summed E-state index contributed by atoms with van der Waals surface area (Å²) in [4.78, 5) is 4.13. The summed E-state index contributed by atoms with van der Waals surface area (Å²) in [6.45, 7) is 0. The van der Waals surface area contributed by atoms with E-state index >= 15 is 0 Å². The fourth-order valence-corrected chi connectivity index (χ4v) is 2.11. The normalized spacial score (nSPS) is 17.3. The van der Waals surface area contributed by atoms with Gasteiger partial charge in [-0.2, -0.15) is 5.10 Å². The molecule has 0 aromatic carbocycles. The highest BCUT2D eigenvalue weighted by atomic mass is 16.3. The number of rotatable bonds is 4. The standard InChI is InChI=1S/C12H16N4O/c1-15-5-4-9(14-15)6-12(17)11-7-13-8-16(11)10-2-3-10/h4-5,7-8,10,12,17H,2-3,6H2,1H3. The molecule has 17 heavy (non-hydrogen) atoms. The van der Waals surface area contributed by atoms with E-state index in [0.717, 1.165) is 11.4 Å². The number of aliphatic hydroxyl groups excluding tert-OH is 1. The van der Waals surface area contributed by atoms with Gasteiger partial charge in [-0.3, -0.25) is 4.68 Å². The van der Waals surface area contributed by atoms with Crippen molar-refractivity contribution in [2.75, 3.05) is 0 Å². The quantitative estimate of drug-likeness (QED) is 0.862. The zero-order valence-corrected chi connectivity index (χ0v) is 9.82. The Morgan fingerprint density at radius 2 is 2.35 bits per heavy atom. The van der Waals surface area contributed by atoms with Gasteiger partial charge in [-0.15, -0.1) is 0 Å². The minimum absolute atomic E-state index is 0.520. The average Bonchev–Trinajstić information content (AvgIpc) is 2.88. The maximum Gasteiger partial charge on any atom is 0.101 e. The van der Waals surface area contributed by atoms with Crippen molar-refractivity contribution < 1.29 is 5.11 Å². The Morgan fingerprint density at radius 3 is 3.00 bits per heavy atom. The second-order valence-corrected chi connectivity index (χ2v) is 4.66. The molecule has 0 spiro atoms. The Morgan fingerprint density at radius 1 is 1.53 bits per heavy atom. The minimum atomic E-state index is -0.520. The van der Waals surface area contributed by atoms with Gasteiger partial charge < -0.3 is 9.67 Å². The van der Waals surface area contributed by atoms with Crippen molar-refractivity contribution in [3.05, 3.63) is 36.2 Å². The lowest BCUT2D eigenvalue weighted by Gasteiger charge is -2.12. The van der Waals surface area contributed by atoms with E-state index in [1.54, 1.807) is 10.9 Å². The highest BCUT2D eigenvalue weighted by Crippen LogP contribution is 2.37. The Labute approximate surface area is 99.7 Å². The zero-order chi connectivity index (χ0) is 11.8. The predicted molar refractivity (Wildman–Crippen MR) is 62.4 cm³/mol. The molecule has 2 aromatic rings. The molecule has 90 valence electrons. The molecule has 0 amide bonds. The van der Waals surface area contributed by atoms with Gasteiger partial charge in [0.05, 0.1) is 23.9 Å². The molecule has 1 aliphatic carbocycles. The number of nitrogens with zero attached hydrogens (tertiary/aromatic N) is 4. The van der Waals surface area contributed by atoms with E-state index in [9.17, 15) is 5.11 Å². The smallest absolute Gasteiger partial charge is 0.101 e. The van der Waals surface area contributed by atoms with Gasteiger partial charge in [0.15, 0.2) is 0 Å². The monoisotopic (exact) mass is 232 g/mol. The van der Waals surface area contributed by atoms with Crippen LogP contribution in [0.3, 0.4) is 0 Å². The van der Waals surface area contributed by atoms with Crippen LogP contribution in [0.1, 0.15) is 36.4 Å². The summed E-state index contributed by atoms with van der Waals surface area (Å²) in [6, 6.07) is 2.48. The number of hydrogen-bond acceptors (Lipinski definition) is 3. The van der Waals surface area contributed by atoms with Gasteiger partial charge >= 0.3 is 0 Å². The molecular weight excluding hydrogens is 216 g/mol. The summed E-state index contributed by atoms with van der Waals surface area (Å²) in [6.07, 6.45) is 7.87. The first kappa shape index (κ1) is 10.5. The minimum Gasteiger partial charge on any atom is -0.386 e. The molecule has 1 unspecified atom stereocenters. The summed E-state index contributed by atoms with van der Waals surface area (Å²) in [5.41, 5.74) is 1.81. The van der Waals surface area contributed by atoms with Crippen molar-refractivity contribution in [1.29, 1.82) is 0 Å². The van der Waals surface area contributed by atoms with Crippen LogP contribution in [0.5, 0.6) is 0 Å². The van der Waals surface area contributed by atoms with E-state index in [1.807, 2.05) is 25.6 Å². The Bertz CT molecular complexity index is 512. The van der Waals surface area contributed by atoms with Gasteiger partial charge in [0, 0.05) is 25.7 Å². The van der Waals surface area contributed by atoms with Gasteiger partial charge in [-0.05, 0) is 18.9 Å². The van der Waals surface area contributed by atoms with Gasteiger partial charge in [0.2, 0.25) is 0 Å². The Kier molecular flexibility index (Phi) is 2.48. The number of aliphatic hydroxyl groups is 1. The second kappa shape index (κ2) is 4.00. The van der Waals surface area contributed by atoms with E-state index in [0.29, 0.717) is 12.5 Å². The predicted octanol–water partition coefficient (Wildman–Crippen LogP) is 1.23. The van der Waals surface area contributed by atoms with E-state index in [1.165, 1.54) is 12.8 Å². The van der Waals surface area contributed by atoms with E-state index in [-0.39, 0.29) is 0 Å². The number of imidazole rings is 1. The van der Waals surface area contributed by atoms with Crippen molar-refractivity contribution >= 4 is 0 Å². The highest BCUT2D eigenvalue weighted by Gasteiger charge is 2.27. The first-order chi connectivity index (χ1) is 8.24. The van der Waals surface area contributed by atoms with Crippen molar-refractivity contribution in [1.82, 2.24) is 19.3 Å². The topological polar surface area (TPSA) is 55.9 Å². The molecule has 1 N–H and O–H groups in total. The van der Waals surface area contributed by atoms with Crippen LogP contribution in [0.2, 0.25) is 0 Å². The summed E-state index contributed by atoms with van der Waals surface area (Å²) >= 11 is 0. The van der Waals surface area contributed by atoms with Crippen molar-refractivity contribution in [3.63, 3.8) is 0 Å². The first-order valence-electron chi connectivity index (χ1n) is 5.92. The first-order valence-corrected chi connectivity index (χ1v) is 5.92. The van der Waals surface area contributed by atoms with Gasteiger partial charge in [-0.25, -0.2) is 4.98 Å². The molecular formula is C12H16N4O. The molecule has 0 bridgehead atoms. The molecule has 0 aliphatic heterocycles. The fourth-order valence-electron chi connectivity index (χ4n) is 2.11. The molecule has 1 aliphatic rings. The molecule has 5 nitrogen and oxygen atoms in total. The van der Waals surface area contributed by atoms with Crippen LogP contribution in [0, 0.1) is 0 Å². The van der Waals surface area contributed by atoms with Crippen LogP contribution >= 0.6 is 0 Å². The van der Waals surface area contributed by atoms with E-state index in [2.05, 4.69) is 14.6 Å².